The van der Waals surface area contributed by atoms with Crippen LogP contribution in [0.3, 0.4) is 0 Å². The SMILES string of the molecule is CC(=O)c1ccc(F)c(S(=O)(=O)CC(=O)Cc2c(C(C)C)cc(F)cc2C(C)C)c1. The van der Waals surface area contributed by atoms with Crippen LogP contribution < -0.4 is 0 Å². The topological polar surface area (TPSA) is 68.3 Å². The van der Waals surface area contributed by atoms with Crippen molar-refractivity contribution in [2.24, 2.45) is 0 Å². The highest BCUT2D eigenvalue weighted by atomic mass is 32.2. The van der Waals surface area contributed by atoms with E-state index in [2.05, 4.69) is 0 Å². The number of rotatable bonds is 8. The third-order valence-electron chi connectivity index (χ3n) is 4.93. The second-order valence-corrected chi connectivity index (χ2v) is 10.0. The molecule has 0 aromatic heterocycles. The molecule has 0 aliphatic rings. The molecule has 0 aliphatic heterocycles. The van der Waals surface area contributed by atoms with Gasteiger partial charge in [-0.1, -0.05) is 27.7 Å². The molecule has 7 heteroatoms. The Hall–Kier alpha value is -2.41. The highest BCUT2D eigenvalue weighted by Crippen LogP contribution is 2.30. The van der Waals surface area contributed by atoms with E-state index in [-0.39, 0.29) is 23.8 Å². The van der Waals surface area contributed by atoms with E-state index in [1.807, 2.05) is 27.7 Å². The standard InChI is InChI=1S/C23H26F2O4S/c1-13(2)19-9-17(24)10-20(14(3)4)21(19)11-18(27)12-30(28,29)23-8-16(15(5)26)6-7-22(23)25/h6-10,13-14H,11-12H2,1-5H3. The summed E-state index contributed by atoms with van der Waals surface area (Å²) < 4.78 is 53.6. The Morgan fingerprint density at radius 2 is 1.47 bits per heavy atom. The largest absolute Gasteiger partial charge is 0.298 e. The Morgan fingerprint density at radius 1 is 0.933 bits per heavy atom. The smallest absolute Gasteiger partial charge is 0.188 e. The van der Waals surface area contributed by atoms with E-state index < -0.39 is 43.7 Å². The van der Waals surface area contributed by atoms with Gasteiger partial charge in [0.25, 0.3) is 0 Å². The number of benzene rings is 2. The summed E-state index contributed by atoms with van der Waals surface area (Å²) >= 11 is 0. The Morgan fingerprint density at radius 3 is 1.93 bits per heavy atom. The van der Waals surface area contributed by atoms with Gasteiger partial charge in [0.2, 0.25) is 0 Å². The molecule has 0 radical (unpaired) electrons. The van der Waals surface area contributed by atoms with Gasteiger partial charge in [-0.15, -0.1) is 0 Å². The lowest BCUT2D eigenvalue weighted by Gasteiger charge is -2.19. The highest BCUT2D eigenvalue weighted by Gasteiger charge is 2.26. The van der Waals surface area contributed by atoms with Crippen molar-refractivity contribution in [1.29, 1.82) is 0 Å². The quantitative estimate of drug-likeness (QED) is 0.546. The summed E-state index contributed by atoms with van der Waals surface area (Å²) in [5.74, 6) is -3.50. The van der Waals surface area contributed by atoms with Gasteiger partial charge in [0.15, 0.2) is 21.4 Å². The van der Waals surface area contributed by atoms with Crippen molar-refractivity contribution in [3.05, 3.63) is 64.2 Å². The number of Topliss-reactive ketones (excluding diaryl/α,β-unsaturated/α-hetero) is 2. The lowest BCUT2D eigenvalue weighted by Crippen LogP contribution is -2.21. The number of carbonyl (C=O) groups excluding carboxylic acids is 2. The van der Waals surface area contributed by atoms with Gasteiger partial charge in [-0.2, -0.15) is 0 Å². The molecule has 4 nitrogen and oxygen atoms in total. The predicted octanol–water partition coefficient (Wildman–Crippen LogP) is 5.00. The fourth-order valence-corrected chi connectivity index (χ4v) is 4.77. The Kier molecular flexibility index (Phi) is 7.29. The molecular formula is C23H26F2O4S. The molecule has 30 heavy (non-hydrogen) atoms. The van der Waals surface area contributed by atoms with Gasteiger partial charge in [-0.25, -0.2) is 17.2 Å². The summed E-state index contributed by atoms with van der Waals surface area (Å²) in [6, 6.07) is 5.78. The number of ketones is 2. The summed E-state index contributed by atoms with van der Waals surface area (Å²) in [5, 5.41) is 0. The third kappa shape index (κ3) is 5.39. The highest BCUT2D eigenvalue weighted by molar-refractivity contribution is 7.92. The second-order valence-electron chi connectivity index (χ2n) is 8.05. The zero-order valence-corrected chi connectivity index (χ0v) is 18.6. The van der Waals surface area contributed by atoms with E-state index in [1.54, 1.807) is 0 Å². The van der Waals surface area contributed by atoms with Crippen molar-refractivity contribution in [2.45, 2.75) is 57.8 Å². The molecule has 0 atom stereocenters. The van der Waals surface area contributed by atoms with E-state index >= 15 is 0 Å². The summed E-state index contributed by atoms with van der Waals surface area (Å²) in [6.07, 6.45) is -0.200. The van der Waals surface area contributed by atoms with Crippen molar-refractivity contribution in [1.82, 2.24) is 0 Å². The first kappa shape index (κ1) is 23.9. The Labute approximate surface area is 176 Å². The molecule has 0 saturated heterocycles. The number of halogens is 2. The van der Waals surface area contributed by atoms with Gasteiger partial charge in [0.1, 0.15) is 22.3 Å². The molecular weight excluding hydrogens is 410 g/mol. The first-order chi connectivity index (χ1) is 13.8. The van der Waals surface area contributed by atoms with Crippen LogP contribution in [0.2, 0.25) is 0 Å². The minimum absolute atomic E-state index is 0.0464. The predicted molar refractivity (Wildman–Crippen MR) is 112 cm³/mol. The maximum absolute atomic E-state index is 14.1. The monoisotopic (exact) mass is 436 g/mol. The summed E-state index contributed by atoms with van der Waals surface area (Å²) in [4.78, 5) is 23.5. The van der Waals surface area contributed by atoms with Crippen LogP contribution in [-0.4, -0.2) is 25.7 Å². The van der Waals surface area contributed by atoms with Gasteiger partial charge in [0.05, 0.1) is 0 Å². The average Bonchev–Trinajstić information content (AvgIpc) is 2.61. The normalized spacial score (nSPS) is 11.9. The van der Waals surface area contributed by atoms with Crippen LogP contribution in [0.5, 0.6) is 0 Å². The first-order valence-electron chi connectivity index (χ1n) is 9.70. The molecule has 162 valence electrons. The molecule has 0 bridgehead atoms. The molecule has 0 fully saturated rings. The molecule has 0 amide bonds. The van der Waals surface area contributed by atoms with E-state index in [0.29, 0.717) is 16.7 Å². The fraction of sp³-hybridized carbons (Fsp3) is 0.391. The van der Waals surface area contributed by atoms with Crippen molar-refractivity contribution in [2.75, 3.05) is 5.75 Å². The summed E-state index contributed by atoms with van der Waals surface area (Å²) in [5.41, 5.74) is 1.95. The number of carbonyl (C=O) groups is 2. The van der Waals surface area contributed by atoms with Gasteiger partial charge in [0, 0.05) is 12.0 Å². The molecule has 2 aromatic carbocycles. The molecule has 0 heterocycles. The van der Waals surface area contributed by atoms with Gasteiger partial charge in [-0.3, -0.25) is 9.59 Å². The van der Waals surface area contributed by atoms with Crippen LogP contribution in [0.4, 0.5) is 8.78 Å². The minimum Gasteiger partial charge on any atom is -0.298 e. The summed E-state index contributed by atoms with van der Waals surface area (Å²) in [7, 11) is -4.29. The third-order valence-corrected chi connectivity index (χ3v) is 6.61. The van der Waals surface area contributed by atoms with E-state index in [4.69, 9.17) is 0 Å². The number of hydrogen-bond acceptors (Lipinski definition) is 4. The summed E-state index contributed by atoms with van der Waals surface area (Å²) in [6.45, 7) is 8.71. The van der Waals surface area contributed by atoms with Crippen molar-refractivity contribution < 1.29 is 26.8 Å². The molecule has 0 aliphatic carbocycles. The molecule has 0 unspecified atom stereocenters. The van der Waals surface area contributed by atoms with E-state index in [1.165, 1.54) is 25.1 Å². The van der Waals surface area contributed by atoms with Crippen molar-refractivity contribution >= 4 is 21.4 Å². The van der Waals surface area contributed by atoms with E-state index in [9.17, 15) is 26.8 Å². The van der Waals surface area contributed by atoms with E-state index in [0.717, 1.165) is 12.1 Å². The molecule has 0 N–H and O–H groups in total. The zero-order chi connectivity index (χ0) is 22.8. The second kappa shape index (κ2) is 9.16. The fourth-order valence-electron chi connectivity index (χ4n) is 3.41. The van der Waals surface area contributed by atoms with Crippen LogP contribution in [-0.2, 0) is 21.1 Å². The van der Waals surface area contributed by atoms with Crippen LogP contribution >= 0.6 is 0 Å². The average molecular weight is 437 g/mol. The minimum atomic E-state index is -4.29. The lowest BCUT2D eigenvalue weighted by atomic mass is 9.86. The Balaban J connectivity index is 2.41. The lowest BCUT2D eigenvalue weighted by molar-refractivity contribution is -0.116. The van der Waals surface area contributed by atoms with Crippen molar-refractivity contribution in [3.63, 3.8) is 0 Å². The van der Waals surface area contributed by atoms with Gasteiger partial charge in [-0.05, 0) is 65.8 Å². The maximum atomic E-state index is 14.1. The molecule has 2 aromatic rings. The van der Waals surface area contributed by atoms with Crippen LogP contribution in [0.25, 0.3) is 0 Å². The first-order valence-corrected chi connectivity index (χ1v) is 11.4. The van der Waals surface area contributed by atoms with Gasteiger partial charge < -0.3 is 0 Å². The number of hydrogen-bond donors (Lipinski definition) is 0. The number of sulfone groups is 1. The van der Waals surface area contributed by atoms with Crippen LogP contribution in [0, 0.1) is 11.6 Å². The van der Waals surface area contributed by atoms with Crippen LogP contribution in [0.1, 0.15) is 73.5 Å². The van der Waals surface area contributed by atoms with Gasteiger partial charge >= 0.3 is 0 Å². The van der Waals surface area contributed by atoms with Crippen LogP contribution in [0.15, 0.2) is 35.2 Å². The van der Waals surface area contributed by atoms with Crippen molar-refractivity contribution in [3.8, 4) is 0 Å². The maximum Gasteiger partial charge on any atom is 0.188 e. The zero-order valence-electron chi connectivity index (χ0n) is 17.8. The Bertz CT molecular complexity index is 1060. The molecule has 0 spiro atoms. The molecule has 2 rings (SSSR count). The molecule has 0 saturated carbocycles.